The van der Waals surface area contributed by atoms with Crippen molar-refractivity contribution in [2.24, 2.45) is 0 Å². The highest BCUT2D eigenvalue weighted by Crippen LogP contribution is 2.41. The van der Waals surface area contributed by atoms with Gasteiger partial charge in [-0.05, 0) is 46.5 Å². The van der Waals surface area contributed by atoms with Crippen LogP contribution in [0.25, 0.3) is 22.3 Å². The highest BCUT2D eigenvalue weighted by molar-refractivity contribution is 5.93. The van der Waals surface area contributed by atoms with Gasteiger partial charge in [0.25, 0.3) is 0 Å². The number of hydrogen-bond donors (Lipinski definition) is 2. The SMILES string of the molecule is c1ccc(-c2ccc3c(c2)Nc2ccc(-c4ccccc4)cc2N3)cc1. The van der Waals surface area contributed by atoms with Gasteiger partial charge >= 0.3 is 0 Å². The van der Waals surface area contributed by atoms with Crippen molar-refractivity contribution in [2.75, 3.05) is 10.6 Å². The quantitative estimate of drug-likeness (QED) is 0.370. The minimum absolute atomic E-state index is 1.10. The Kier molecular flexibility index (Phi) is 3.46. The first-order valence-electron chi connectivity index (χ1n) is 8.80. The number of rotatable bonds is 2. The molecule has 1 aliphatic heterocycles. The van der Waals surface area contributed by atoms with Gasteiger partial charge in [-0.2, -0.15) is 0 Å². The first-order chi connectivity index (χ1) is 12.9. The molecule has 0 unspecified atom stereocenters. The molecule has 0 aromatic heterocycles. The van der Waals surface area contributed by atoms with Crippen molar-refractivity contribution in [1.29, 1.82) is 0 Å². The van der Waals surface area contributed by atoms with Crippen LogP contribution in [0, 0.1) is 0 Å². The van der Waals surface area contributed by atoms with Gasteiger partial charge in [0.2, 0.25) is 0 Å². The summed E-state index contributed by atoms with van der Waals surface area (Å²) < 4.78 is 0. The molecule has 2 heteroatoms. The molecule has 0 bridgehead atoms. The minimum atomic E-state index is 1.10. The zero-order valence-corrected chi connectivity index (χ0v) is 14.2. The summed E-state index contributed by atoms with van der Waals surface area (Å²) >= 11 is 0. The lowest BCUT2D eigenvalue weighted by atomic mass is 10.0. The van der Waals surface area contributed by atoms with Crippen molar-refractivity contribution < 1.29 is 0 Å². The van der Waals surface area contributed by atoms with Crippen LogP contribution in [0.2, 0.25) is 0 Å². The van der Waals surface area contributed by atoms with Crippen LogP contribution in [-0.4, -0.2) is 0 Å². The molecule has 2 nitrogen and oxygen atoms in total. The van der Waals surface area contributed by atoms with Crippen LogP contribution in [0.15, 0.2) is 97.1 Å². The maximum Gasteiger partial charge on any atom is 0.0630 e. The van der Waals surface area contributed by atoms with Gasteiger partial charge in [-0.25, -0.2) is 0 Å². The average Bonchev–Trinajstić information content (AvgIpc) is 2.73. The number of anilines is 4. The fraction of sp³-hybridized carbons (Fsp3) is 0. The van der Waals surface area contributed by atoms with Gasteiger partial charge in [0.05, 0.1) is 22.7 Å². The Hall–Kier alpha value is -3.52. The van der Waals surface area contributed by atoms with E-state index in [1.807, 2.05) is 12.1 Å². The summed E-state index contributed by atoms with van der Waals surface area (Å²) in [5.74, 6) is 0. The van der Waals surface area contributed by atoms with E-state index in [1.165, 1.54) is 22.3 Å². The molecular weight excluding hydrogens is 316 g/mol. The van der Waals surface area contributed by atoms with E-state index in [4.69, 9.17) is 0 Å². The fourth-order valence-corrected chi connectivity index (χ4v) is 3.42. The van der Waals surface area contributed by atoms with Crippen LogP contribution in [0.4, 0.5) is 22.7 Å². The van der Waals surface area contributed by atoms with Crippen molar-refractivity contribution in [3.8, 4) is 22.3 Å². The van der Waals surface area contributed by atoms with E-state index in [9.17, 15) is 0 Å². The van der Waals surface area contributed by atoms with E-state index < -0.39 is 0 Å². The van der Waals surface area contributed by atoms with E-state index in [2.05, 4.69) is 95.6 Å². The molecule has 1 aliphatic rings. The predicted octanol–water partition coefficient (Wildman–Crippen LogP) is 6.82. The average molecular weight is 334 g/mol. The predicted molar refractivity (Wildman–Crippen MR) is 110 cm³/mol. The molecule has 4 aromatic carbocycles. The third-order valence-electron chi connectivity index (χ3n) is 4.79. The van der Waals surface area contributed by atoms with Gasteiger partial charge in [-0.3, -0.25) is 0 Å². The Morgan fingerprint density at radius 2 is 0.769 bits per heavy atom. The van der Waals surface area contributed by atoms with Crippen molar-refractivity contribution in [3.63, 3.8) is 0 Å². The normalized spacial score (nSPS) is 11.7. The molecule has 0 saturated carbocycles. The second-order valence-electron chi connectivity index (χ2n) is 6.50. The van der Waals surface area contributed by atoms with E-state index in [-0.39, 0.29) is 0 Å². The highest BCUT2D eigenvalue weighted by atomic mass is 15.0. The van der Waals surface area contributed by atoms with Gasteiger partial charge in [0.15, 0.2) is 0 Å². The lowest BCUT2D eigenvalue weighted by Gasteiger charge is -2.24. The number of hydrogen-bond acceptors (Lipinski definition) is 2. The van der Waals surface area contributed by atoms with Crippen molar-refractivity contribution in [3.05, 3.63) is 97.1 Å². The Bertz CT molecular complexity index is 981. The molecule has 0 radical (unpaired) electrons. The van der Waals surface area contributed by atoms with Gasteiger partial charge < -0.3 is 10.6 Å². The molecule has 1 heterocycles. The Morgan fingerprint density at radius 1 is 0.346 bits per heavy atom. The van der Waals surface area contributed by atoms with E-state index >= 15 is 0 Å². The molecule has 124 valence electrons. The fourth-order valence-electron chi connectivity index (χ4n) is 3.42. The molecule has 0 fully saturated rings. The second kappa shape index (κ2) is 6.08. The molecule has 2 N–H and O–H groups in total. The number of benzene rings is 4. The molecule has 5 rings (SSSR count). The third kappa shape index (κ3) is 2.62. The summed E-state index contributed by atoms with van der Waals surface area (Å²) in [6.45, 7) is 0. The third-order valence-corrected chi connectivity index (χ3v) is 4.79. The lowest BCUT2D eigenvalue weighted by Crippen LogP contribution is -2.06. The van der Waals surface area contributed by atoms with Crippen LogP contribution in [0.3, 0.4) is 0 Å². The number of fused-ring (bicyclic) bond motifs is 2. The van der Waals surface area contributed by atoms with Crippen molar-refractivity contribution in [2.45, 2.75) is 0 Å². The zero-order valence-electron chi connectivity index (χ0n) is 14.2. The van der Waals surface area contributed by atoms with Crippen molar-refractivity contribution in [1.82, 2.24) is 0 Å². The summed E-state index contributed by atoms with van der Waals surface area (Å²) in [5.41, 5.74) is 9.28. The highest BCUT2D eigenvalue weighted by Gasteiger charge is 2.15. The van der Waals surface area contributed by atoms with Crippen LogP contribution in [0.5, 0.6) is 0 Å². The van der Waals surface area contributed by atoms with Crippen LogP contribution in [0.1, 0.15) is 0 Å². The van der Waals surface area contributed by atoms with Crippen LogP contribution < -0.4 is 10.6 Å². The second-order valence-corrected chi connectivity index (χ2v) is 6.50. The summed E-state index contributed by atoms with van der Waals surface area (Å²) in [7, 11) is 0. The zero-order chi connectivity index (χ0) is 17.3. The standard InChI is InChI=1S/C24H18N2/c1-3-7-17(8-4-1)19-11-13-21-23(15-19)25-22-14-12-20(16-24(22)26-21)18-9-5-2-6-10-18/h1-16,25-26H. The first kappa shape index (κ1) is 14.8. The molecule has 0 spiro atoms. The van der Waals surface area contributed by atoms with E-state index in [0.717, 1.165) is 22.7 Å². The van der Waals surface area contributed by atoms with E-state index in [0.29, 0.717) is 0 Å². The van der Waals surface area contributed by atoms with Crippen molar-refractivity contribution >= 4 is 22.7 Å². The van der Waals surface area contributed by atoms with Crippen LogP contribution >= 0.6 is 0 Å². The lowest BCUT2D eigenvalue weighted by molar-refractivity contribution is 1.44. The summed E-state index contributed by atoms with van der Waals surface area (Å²) in [6, 6.07) is 33.9. The van der Waals surface area contributed by atoms with Gasteiger partial charge in [0, 0.05) is 0 Å². The maximum absolute atomic E-state index is 3.57. The summed E-state index contributed by atoms with van der Waals surface area (Å²) in [6.07, 6.45) is 0. The Morgan fingerprint density at radius 3 is 1.19 bits per heavy atom. The van der Waals surface area contributed by atoms with Crippen LogP contribution in [-0.2, 0) is 0 Å². The Labute approximate surface area is 153 Å². The monoisotopic (exact) mass is 334 g/mol. The smallest absolute Gasteiger partial charge is 0.0630 e. The summed E-state index contributed by atoms with van der Waals surface area (Å²) in [5, 5.41) is 7.13. The molecule has 26 heavy (non-hydrogen) atoms. The first-order valence-corrected chi connectivity index (χ1v) is 8.80. The largest absolute Gasteiger partial charge is 0.352 e. The molecule has 0 saturated heterocycles. The van der Waals surface area contributed by atoms with Gasteiger partial charge in [0.1, 0.15) is 0 Å². The molecule has 4 aromatic rings. The molecular formula is C24H18N2. The van der Waals surface area contributed by atoms with Gasteiger partial charge in [-0.1, -0.05) is 72.8 Å². The van der Waals surface area contributed by atoms with Gasteiger partial charge in [-0.15, -0.1) is 0 Å². The minimum Gasteiger partial charge on any atom is -0.352 e. The molecule has 0 atom stereocenters. The molecule has 0 aliphatic carbocycles. The number of nitrogens with one attached hydrogen (secondary N) is 2. The topological polar surface area (TPSA) is 24.1 Å². The maximum atomic E-state index is 3.57. The summed E-state index contributed by atoms with van der Waals surface area (Å²) in [4.78, 5) is 0. The Balaban J connectivity index is 1.50. The van der Waals surface area contributed by atoms with E-state index in [1.54, 1.807) is 0 Å². The molecule has 0 amide bonds.